The van der Waals surface area contributed by atoms with Gasteiger partial charge >= 0.3 is 21.3 Å². The third-order valence-electron chi connectivity index (χ3n) is 4.55. The van der Waals surface area contributed by atoms with Gasteiger partial charge in [0.25, 0.3) is 5.56 Å². The lowest BCUT2D eigenvalue weighted by Crippen LogP contribution is -2.37. The van der Waals surface area contributed by atoms with Crippen molar-refractivity contribution in [3.63, 3.8) is 0 Å². The molecule has 1 aliphatic rings. The number of phosphoric ester groups is 2. The van der Waals surface area contributed by atoms with Crippen LogP contribution in [0.25, 0.3) is 0 Å². The molecule has 2 unspecified atom stereocenters. The summed E-state index contributed by atoms with van der Waals surface area (Å²) in [7, 11) is -10.2. The maximum atomic E-state index is 12.1. The molecule has 182 valence electrons. The summed E-state index contributed by atoms with van der Waals surface area (Å²) in [6.07, 6.45) is -5.19. The number of nitrogens with zero attached hydrogens (tertiary/aromatic N) is 1. The van der Waals surface area contributed by atoms with Gasteiger partial charge < -0.3 is 24.7 Å². The van der Waals surface area contributed by atoms with Gasteiger partial charge in [0.15, 0.2) is 6.23 Å². The molecule has 0 amide bonds. The van der Waals surface area contributed by atoms with Gasteiger partial charge in [-0.1, -0.05) is 29.8 Å². The lowest BCUT2D eigenvalue weighted by Gasteiger charge is -2.19. The second kappa shape index (κ2) is 10.1. The highest BCUT2D eigenvalue weighted by molar-refractivity contribution is 7.61. The highest BCUT2D eigenvalue weighted by Gasteiger charge is 2.46. The number of aliphatic hydroxyl groups is 2. The monoisotopic (exact) mass is 508 g/mol. The molecule has 1 aromatic carbocycles. The minimum atomic E-state index is -5.18. The molecule has 0 aliphatic carbocycles. The van der Waals surface area contributed by atoms with E-state index in [-0.39, 0.29) is 6.61 Å². The molecule has 6 atom stereocenters. The van der Waals surface area contributed by atoms with Crippen molar-refractivity contribution in [2.75, 3.05) is 6.61 Å². The van der Waals surface area contributed by atoms with E-state index in [1.807, 2.05) is 4.98 Å². The molecule has 1 aromatic heterocycles. The zero-order chi connectivity index (χ0) is 24.4. The molecule has 16 heteroatoms. The number of aliphatic hydroxyl groups excluding tert-OH is 2. The first kappa shape index (κ1) is 25.7. The first-order chi connectivity index (χ1) is 15.4. The second-order valence-electron chi connectivity index (χ2n) is 7.14. The smallest absolute Gasteiger partial charge is 0.387 e. The third-order valence-corrected chi connectivity index (χ3v) is 7.13. The van der Waals surface area contributed by atoms with Crippen molar-refractivity contribution in [2.24, 2.45) is 0 Å². The summed E-state index contributed by atoms with van der Waals surface area (Å²) in [6, 6.07) is 7.74. The Labute approximate surface area is 186 Å². The molecule has 14 nitrogen and oxygen atoms in total. The van der Waals surface area contributed by atoms with Crippen LogP contribution in [-0.4, -0.2) is 54.5 Å². The molecule has 0 bridgehead atoms. The van der Waals surface area contributed by atoms with E-state index in [1.165, 1.54) is 0 Å². The van der Waals surface area contributed by atoms with Crippen molar-refractivity contribution in [1.29, 1.82) is 0 Å². The second-order valence-corrected chi connectivity index (χ2v) is 10.2. The third kappa shape index (κ3) is 6.78. The zero-order valence-electron chi connectivity index (χ0n) is 17.1. The highest BCUT2D eigenvalue weighted by atomic mass is 31.3. The van der Waals surface area contributed by atoms with E-state index in [1.54, 1.807) is 31.2 Å². The van der Waals surface area contributed by atoms with Crippen LogP contribution in [0.1, 0.15) is 17.4 Å². The van der Waals surface area contributed by atoms with Crippen molar-refractivity contribution in [1.82, 2.24) is 9.55 Å². The zero-order valence-corrected chi connectivity index (χ0v) is 18.9. The van der Waals surface area contributed by atoms with Crippen LogP contribution < -0.4 is 11.2 Å². The number of hydrogen-bond donors (Lipinski definition) is 5. The van der Waals surface area contributed by atoms with E-state index in [0.717, 1.165) is 22.4 Å². The summed E-state index contributed by atoms with van der Waals surface area (Å²) >= 11 is 0. The minimum absolute atomic E-state index is 0.387. The lowest BCUT2D eigenvalue weighted by molar-refractivity contribution is -0.0543. The SMILES string of the molecule is Cc1cccc(COP(=O)(O)OP(=O)(O)OC[C@H]2O[C@@H](n3ccc(=O)[nH]c3=O)[C@H](O)[C@@H]2O)c1. The number of nitrogens with one attached hydrogen (secondary N) is 1. The summed E-state index contributed by atoms with van der Waals surface area (Å²) in [5.74, 6) is 0. The van der Waals surface area contributed by atoms with Gasteiger partial charge in [0.05, 0.1) is 13.2 Å². The van der Waals surface area contributed by atoms with Crippen LogP contribution in [-0.2, 0) is 33.8 Å². The van der Waals surface area contributed by atoms with Crippen LogP contribution in [0.15, 0.2) is 46.1 Å². The Bertz CT molecular complexity index is 1200. The topological polar surface area (TPSA) is 207 Å². The Morgan fingerprint density at radius 2 is 1.79 bits per heavy atom. The maximum absolute atomic E-state index is 12.1. The highest BCUT2D eigenvalue weighted by Crippen LogP contribution is 2.60. The summed E-state index contributed by atoms with van der Waals surface area (Å²) < 4.78 is 43.7. The van der Waals surface area contributed by atoms with Crippen molar-refractivity contribution in [2.45, 2.75) is 38.1 Å². The van der Waals surface area contributed by atoms with Crippen LogP contribution in [0, 0.1) is 6.92 Å². The number of aromatic amines is 1. The minimum Gasteiger partial charge on any atom is -0.387 e. The number of H-pyrrole nitrogens is 1. The van der Waals surface area contributed by atoms with Crippen molar-refractivity contribution >= 4 is 15.6 Å². The van der Waals surface area contributed by atoms with E-state index in [4.69, 9.17) is 9.26 Å². The summed E-state index contributed by atoms with van der Waals surface area (Å²) in [4.78, 5) is 44.5. The van der Waals surface area contributed by atoms with Gasteiger partial charge in [-0.3, -0.25) is 23.4 Å². The largest absolute Gasteiger partial charge is 0.481 e. The number of rotatable bonds is 9. The van der Waals surface area contributed by atoms with Gasteiger partial charge in [0.2, 0.25) is 0 Å². The van der Waals surface area contributed by atoms with Crippen LogP contribution in [0.4, 0.5) is 0 Å². The van der Waals surface area contributed by atoms with E-state index < -0.39 is 58.0 Å². The molecule has 2 heterocycles. The molecule has 1 fully saturated rings. The first-order valence-electron chi connectivity index (χ1n) is 9.41. The molecule has 1 saturated heterocycles. The van der Waals surface area contributed by atoms with Gasteiger partial charge in [-0.05, 0) is 12.5 Å². The Balaban J connectivity index is 1.58. The van der Waals surface area contributed by atoms with E-state index in [0.29, 0.717) is 5.56 Å². The number of hydrogen-bond acceptors (Lipinski definition) is 10. The molecule has 3 rings (SSSR count). The fourth-order valence-electron chi connectivity index (χ4n) is 3.03. The Kier molecular flexibility index (Phi) is 7.87. The lowest BCUT2D eigenvalue weighted by atomic mass is 10.1. The standard InChI is InChI=1S/C17H22N2O12P2/c1-10-3-2-4-11(7-10)8-28-32(24,25)31-33(26,27)29-9-12-14(21)15(22)16(30-12)19-6-5-13(20)18-17(19)23/h2-7,12,14-16,21-22H,8-9H2,1H3,(H,24,25)(H,26,27)(H,18,20,23)/t12-,14-,15-,16-/m1/s1. The number of benzene rings is 1. The molecular weight excluding hydrogens is 486 g/mol. The van der Waals surface area contributed by atoms with Gasteiger partial charge in [0.1, 0.15) is 18.3 Å². The van der Waals surface area contributed by atoms with Gasteiger partial charge in [-0.2, -0.15) is 4.31 Å². The molecule has 0 radical (unpaired) electrons. The normalized spacial score (nSPS) is 26.6. The molecule has 1 aliphatic heterocycles. The van der Waals surface area contributed by atoms with E-state index >= 15 is 0 Å². The molecule has 2 aromatic rings. The number of aromatic nitrogens is 2. The van der Waals surface area contributed by atoms with Crippen LogP contribution in [0.3, 0.4) is 0 Å². The number of ether oxygens (including phenoxy) is 1. The summed E-state index contributed by atoms with van der Waals surface area (Å²) in [5, 5.41) is 20.3. The average Bonchev–Trinajstić information content (AvgIpc) is 2.99. The Hall–Kier alpha value is -1.96. The summed E-state index contributed by atoms with van der Waals surface area (Å²) in [6.45, 7) is 0.545. The van der Waals surface area contributed by atoms with Gasteiger partial charge in [-0.25, -0.2) is 13.9 Å². The molecule has 33 heavy (non-hydrogen) atoms. The van der Waals surface area contributed by atoms with Crippen molar-refractivity contribution in [3.05, 3.63) is 68.5 Å². The first-order valence-corrected chi connectivity index (χ1v) is 12.4. The average molecular weight is 508 g/mol. The Morgan fingerprint density at radius 3 is 2.45 bits per heavy atom. The van der Waals surface area contributed by atoms with Crippen molar-refractivity contribution in [3.8, 4) is 0 Å². The predicted octanol–water partition coefficient (Wildman–Crippen LogP) is -0.0850. The molecule has 0 spiro atoms. The summed E-state index contributed by atoms with van der Waals surface area (Å²) in [5.41, 5.74) is -0.244. The van der Waals surface area contributed by atoms with Crippen LogP contribution in [0.2, 0.25) is 0 Å². The fraction of sp³-hybridized carbons (Fsp3) is 0.412. The van der Waals surface area contributed by atoms with Crippen LogP contribution >= 0.6 is 15.6 Å². The number of aryl methyl sites for hydroxylation is 1. The van der Waals surface area contributed by atoms with Gasteiger partial charge in [-0.15, -0.1) is 0 Å². The number of phosphoric acid groups is 2. The molecular formula is C17H22N2O12P2. The Morgan fingerprint density at radius 1 is 1.09 bits per heavy atom. The molecule has 0 saturated carbocycles. The van der Waals surface area contributed by atoms with Crippen LogP contribution in [0.5, 0.6) is 0 Å². The van der Waals surface area contributed by atoms with Gasteiger partial charge in [0, 0.05) is 12.3 Å². The van der Waals surface area contributed by atoms with Crippen molar-refractivity contribution < 1.29 is 47.2 Å². The maximum Gasteiger partial charge on any atom is 0.481 e. The van der Waals surface area contributed by atoms with E-state index in [9.17, 15) is 38.7 Å². The van der Waals surface area contributed by atoms with E-state index in [2.05, 4.69) is 8.83 Å². The molecule has 5 N–H and O–H groups in total. The quantitative estimate of drug-likeness (QED) is 0.282. The predicted molar refractivity (Wildman–Crippen MR) is 110 cm³/mol. The fourth-order valence-corrected chi connectivity index (χ4v) is 5.10.